The molecule has 27 heavy (non-hydrogen) atoms. The average molecular weight is 365 g/mol. The lowest BCUT2D eigenvalue weighted by molar-refractivity contribution is 0.00592. The van der Waals surface area contributed by atoms with Crippen LogP contribution in [-0.2, 0) is 11.3 Å². The van der Waals surface area contributed by atoms with Gasteiger partial charge in [0.15, 0.2) is 0 Å². The number of aryl methyl sites for hydroxylation is 1. The van der Waals surface area contributed by atoms with Crippen molar-refractivity contribution < 1.29 is 13.9 Å². The molecule has 1 heterocycles. The molecule has 0 aliphatic carbocycles. The second kappa shape index (κ2) is 7.39. The molecule has 3 nitrogen and oxygen atoms in total. The van der Waals surface area contributed by atoms with Crippen LogP contribution in [0.25, 0.3) is 11.1 Å². The van der Waals surface area contributed by atoms with E-state index in [1.54, 1.807) is 18.2 Å². The largest absolute Gasteiger partial charge is 0.455 e. The number of hydrogen-bond acceptors (Lipinski definition) is 2. The van der Waals surface area contributed by atoms with E-state index in [2.05, 4.69) is 0 Å². The van der Waals surface area contributed by atoms with Crippen molar-refractivity contribution in [2.45, 2.75) is 39.8 Å². The molecule has 0 unspecified atom stereocenters. The first-order chi connectivity index (χ1) is 12.8. The van der Waals surface area contributed by atoms with Crippen LogP contribution in [0.3, 0.4) is 0 Å². The van der Waals surface area contributed by atoms with E-state index < -0.39 is 11.6 Å². The highest BCUT2D eigenvalue weighted by atomic mass is 19.1. The third kappa shape index (κ3) is 4.27. The fraction of sp³-hybridized carbons (Fsp3) is 0.261. The van der Waals surface area contributed by atoms with Crippen molar-refractivity contribution in [1.82, 2.24) is 4.57 Å². The van der Waals surface area contributed by atoms with Crippen LogP contribution in [-0.4, -0.2) is 16.1 Å². The van der Waals surface area contributed by atoms with Gasteiger partial charge in [-0.25, -0.2) is 9.18 Å². The molecule has 3 aromatic rings. The van der Waals surface area contributed by atoms with Gasteiger partial charge in [-0.05, 0) is 44.9 Å². The van der Waals surface area contributed by atoms with E-state index in [1.807, 2.05) is 68.8 Å². The maximum absolute atomic E-state index is 14.5. The minimum absolute atomic E-state index is 0.358. The summed E-state index contributed by atoms with van der Waals surface area (Å²) in [5.41, 5.74) is 2.60. The van der Waals surface area contributed by atoms with E-state index in [0.29, 0.717) is 23.4 Å². The third-order valence-corrected chi connectivity index (χ3v) is 4.20. The molecule has 0 aliphatic heterocycles. The molecule has 140 valence electrons. The number of esters is 1. The Hall–Kier alpha value is -2.88. The normalized spacial score (nSPS) is 11.4. The zero-order valence-electron chi connectivity index (χ0n) is 16.1. The first kappa shape index (κ1) is 18.9. The van der Waals surface area contributed by atoms with Crippen LogP contribution >= 0.6 is 0 Å². The van der Waals surface area contributed by atoms with Gasteiger partial charge in [0.25, 0.3) is 0 Å². The molecule has 4 heteroatoms. The molecular formula is C23H24FNO2. The van der Waals surface area contributed by atoms with E-state index in [9.17, 15) is 9.18 Å². The van der Waals surface area contributed by atoms with Crippen molar-refractivity contribution in [3.05, 3.63) is 83.4 Å². The van der Waals surface area contributed by atoms with Crippen LogP contribution in [0, 0.1) is 12.7 Å². The predicted molar refractivity (Wildman–Crippen MR) is 105 cm³/mol. The van der Waals surface area contributed by atoms with Crippen LogP contribution in [0.2, 0.25) is 0 Å². The Morgan fingerprint density at radius 2 is 1.67 bits per heavy atom. The number of aromatic nitrogens is 1. The summed E-state index contributed by atoms with van der Waals surface area (Å²) in [6.07, 6.45) is 1.88. The Bertz CT molecular complexity index is 952. The van der Waals surface area contributed by atoms with Crippen molar-refractivity contribution in [3.8, 4) is 11.1 Å². The molecule has 0 N–H and O–H groups in total. The molecule has 2 aromatic carbocycles. The summed E-state index contributed by atoms with van der Waals surface area (Å²) in [5, 5.41) is 0. The molecule has 0 spiro atoms. The van der Waals surface area contributed by atoms with Gasteiger partial charge in [0.1, 0.15) is 17.1 Å². The highest BCUT2D eigenvalue weighted by Gasteiger charge is 2.27. The molecule has 0 radical (unpaired) electrons. The number of carbonyl (C=O) groups is 1. The van der Waals surface area contributed by atoms with Gasteiger partial charge in [-0.1, -0.05) is 48.5 Å². The SMILES string of the molecule is Cc1cn(Cc2ccccc2)c(C(=O)OC(C)(C)C)c1-c1ccccc1F. The Labute approximate surface area is 159 Å². The number of benzene rings is 2. The van der Waals surface area contributed by atoms with Crippen molar-refractivity contribution in [2.24, 2.45) is 0 Å². The Kier molecular flexibility index (Phi) is 5.17. The smallest absolute Gasteiger partial charge is 0.356 e. The van der Waals surface area contributed by atoms with E-state index in [0.717, 1.165) is 11.1 Å². The summed E-state index contributed by atoms with van der Waals surface area (Å²) in [7, 11) is 0. The van der Waals surface area contributed by atoms with Crippen LogP contribution in [0.4, 0.5) is 4.39 Å². The quantitative estimate of drug-likeness (QED) is 0.563. The van der Waals surface area contributed by atoms with Gasteiger partial charge in [0.2, 0.25) is 0 Å². The van der Waals surface area contributed by atoms with Gasteiger partial charge in [-0.3, -0.25) is 0 Å². The molecule has 1 aromatic heterocycles. The summed E-state index contributed by atoms with van der Waals surface area (Å²) >= 11 is 0. The average Bonchev–Trinajstić information content (AvgIpc) is 2.90. The van der Waals surface area contributed by atoms with Crippen molar-refractivity contribution in [1.29, 1.82) is 0 Å². The lowest BCUT2D eigenvalue weighted by Crippen LogP contribution is -2.26. The molecular weight excluding hydrogens is 341 g/mol. The maximum atomic E-state index is 14.5. The molecule has 0 saturated heterocycles. The number of nitrogens with zero attached hydrogens (tertiary/aromatic N) is 1. The van der Waals surface area contributed by atoms with Crippen molar-refractivity contribution >= 4 is 5.97 Å². The topological polar surface area (TPSA) is 31.2 Å². The number of rotatable bonds is 4. The van der Waals surface area contributed by atoms with Crippen LogP contribution in [0.1, 0.15) is 42.4 Å². The van der Waals surface area contributed by atoms with Gasteiger partial charge >= 0.3 is 5.97 Å². The van der Waals surface area contributed by atoms with Crippen molar-refractivity contribution in [2.75, 3.05) is 0 Å². The summed E-state index contributed by atoms with van der Waals surface area (Å²) in [6.45, 7) is 7.86. The predicted octanol–water partition coefficient (Wildman–Crippen LogP) is 5.61. The molecule has 0 saturated carbocycles. The first-order valence-corrected chi connectivity index (χ1v) is 8.98. The molecule has 3 rings (SSSR count). The molecule has 0 aliphatic rings. The van der Waals surface area contributed by atoms with Crippen LogP contribution < -0.4 is 0 Å². The lowest BCUT2D eigenvalue weighted by Gasteiger charge is -2.21. The highest BCUT2D eigenvalue weighted by Crippen LogP contribution is 2.33. The summed E-state index contributed by atoms with van der Waals surface area (Å²) < 4.78 is 22.0. The summed E-state index contributed by atoms with van der Waals surface area (Å²) in [4.78, 5) is 13.0. The minimum atomic E-state index is -0.640. The Balaban J connectivity index is 2.15. The number of carbonyl (C=O) groups excluding carboxylic acids is 1. The van der Waals surface area contributed by atoms with E-state index in [4.69, 9.17) is 4.74 Å². The second-order valence-electron chi connectivity index (χ2n) is 7.63. The Morgan fingerprint density at radius 1 is 1.04 bits per heavy atom. The van der Waals surface area contributed by atoms with Crippen LogP contribution in [0.15, 0.2) is 60.8 Å². The van der Waals surface area contributed by atoms with E-state index >= 15 is 0 Å². The number of ether oxygens (including phenoxy) is 1. The Morgan fingerprint density at radius 3 is 2.30 bits per heavy atom. The van der Waals surface area contributed by atoms with Crippen molar-refractivity contribution in [3.63, 3.8) is 0 Å². The fourth-order valence-electron chi connectivity index (χ4n) is 3.15. The standard InChI is InChI=1S/C23H24FNO2/c1-16-14-25(15-17-10-6-5-7-11-17)21(22(26)27-23(2,3)4)20(16)18-12-8-9-13-19(18)24/h5-14H,15H2,1-4H3. The molecule has 0 atom stereocenters. The van der Waals surface area contributed by atoms with E-state index in [-0.39, 0.29) is 5.82 Å². The van der Waals surface area contributed by atoms with Gasteiger partial charge < -0.3 is 9.30 Å². The third-order valence-electron chi connectivity index (χ3n) is 4.20. The van der Waals surface area contributed by atoms with Crippen LogP contribution in [0.5, 0.6) is 0 Å². The lowest BCUT2D eigenvalue weighted by atomic mass is 10.0. The monoisotopic (exact) mass is 365 g/mol. The van der Waals surface area contributed by atoms with Gasteiger partial charge in [0.05, 0.1) is 0 Å². The summed E-state index contributed by atoms with van der Waals surface area (Å²) in [5.74, 6) is -0.812. The fourth-order valence-corrected chi connectivity index (χ4v) is 3.15. The first-order valence-electron chi connectivity index (χ1n) is 8.98. The zero-order valence-corrected chi connectivity index (χ0v) is 16.1. The molecule has 0 bridgehead atoms. The van der Waals surface area contributed by atoms with Gasteiger partial charge in [-0.15, -0.1) is 0 Å². The minimum Gasteiger partial charge on any atom is -0.455 e. The zero-order chi connectivity index (χ0) is 19.6. The number of hydrogen-bond donors (Lipinski definition) is 0. The highest BCUT2D eigenvalue weighted by molar-refractivity contribution is 5.97. The summed E-state index contributed by atoms with van der Waals surface area (Å²) in [6, 6.07) is 16.4. The maximum Gasteiger partial charge on any atom is 0.356 e. The molecule has 0 fully saturated rings. The molecule has 0 amide bonds. The van der Waals surface area contributed by atoms with Gasteiger partial charge in [-0.2, -0.15) is 0 Å². The second-order valence-corrected chi connectivity index (χ2v) is 7.63. The number of halogens is 1. The van der Waals surface area contributed by atoms with Gasteiger partial charge in [0, 0.05) is 23.9 Å². The van der Waals surface area contributed by atoms with E-state index in [1.165, 1.54) is 6.07 Å².